The highest BCUT2D eigenvalue weighted by Gasteiger charge is 2.04. The summed E-state index contributed by atoms with van der Waals surface area (Å²) in [4.78, 5) is 0. The number of halogens is 2. The van der Waals surface area contributed by atoms with E-state index in [2.05, 4.69) is 6.58 Å². The van der Waals surface area contributed by atoms with Crippen LogP contribution in [0.1, 0.15) is 5.56 Å². The lowest BCUT2D eigenvalue weighted by atomic mass is 10.2. The minimum Gasteiger partial charge on any atom is -0.497 e. The van der Waals surface area contributed by atoms with Crippen molar-refractivity contribution in [3.05, 3.63) is 40.4 Å². The summed E-state index contributed by atoms with van der Waals surface area (Å²) in [5.74, 6) is 0.516. The van der Waals surface area contributed by atoms with Gasteiger partial charge in [0.25, 0.3) is 0 Å². The van der Waals surface area contributed by atoms with E-state index in [0.29, 0.717) is 15.8 Å². The molecule has 1 aromatic carbocycles. The van der Waals surface area contributed by atoms with E-state index in [4.69, 9.17) is 27.9 Å². The number of rotatable bonds is 2. The van der Waals surface area contributed by atoms with Crippen LogP contribution in [-0.2, 0) is 4.74 Å². The molecular weight excluding hydrogens is 195 g/mol. The highest BCUT2D eigenvalue weighted by molar-refractivity contribution is 6.34. The van der Waals surface area contributed by atoms with Gasteiger partial charge in [-0.25, -0.2) is 0 Å². The van der Waals surface area contributed by atoms with Gasteiger partial charge in [0.15, 0.2) is 0 Å². The van der Waals surface area contributed by atoms with Crippen LogP contribution in [0.4, 0.5) is 0 Å². The van der Waals surface area contributed by atoms with Gasteiger partial charge in [0.1, 0.15) is 5.76 Å². The lowest BCUT2D eigenvalue weighted by Gasteiger charge is -2.06. The lowest BCUT2D eigenvalue weighted by molar-refractivity contribution is 0.371. The van der Waals surface area contributed by atoms with Crippen molar-refractivity contribution in [3.63, 3.8) is 0 Å². The molecule has 12 heavy (non-hydrogen) atoms. The van der Waals surface area contributed by atoms with E-state index < -0.39 is 0 Å². The summed E-state index contributed by atoms with van der Waals surface area (Å²) in [6.07, 6.45) is 0. The van der Waals surface area contributed by atoms with Crippen molar-refractivity contribution in [2.45, 2.75) is 0 Å². The summed E-state index contributed by atoms with van der Waals surface area (Å²) in [6, 6.07) is 5.15. The second-order valence-electron chi connectivity index (χ2n) is 2.25. The fourth-order valence-electron chi connectivity index (χ4n) is 0.821. The molecule has 0 aliphatic heterocycles. The highest BCUT2D eigenvalue weighted by atomic mass is 35.5. The monoisotopic (exact) mass is 202 g/mol. The smallest absolute Gasteiger partial charge is 0.120 e. The molecule has 0 unspecified atom stereocenters. The first-order valence-corrected chi connectivity index (χ1v) is 4.09. The zero-order chi connectivity index (χ0) is 9.14. The van der Waals surface area contributed by atoms with Gasteiger partial charge in [0, 0.05) is 10.6 Å². The molecule has 0 spiro atoms. The number of hydrogen-bond acceptors (Lipinski definition) is 1. The molecule has 0 radical (unpaired) electrons. The Bertz CT molecular complexity index is 307. The van der Waals surface area contributed by atoms with E-state index in [1.807, 2.05) is 0 Å². The third-order valence-electron chi connectivity index (χ3n) is 1.48. The highest BCUT2D eigenvalue weighted by Crippen LogP contribution is 2.26. The quantitative estimate of drug-likeness (QED) is 0.667. The third-order valence-corrected chi connectivity index (χ3v) is 2.04. The Morgan fingerprint density at radius 3 is 2.67 bits per heavy atom. The summed E-state index contributed by atoms with van der Waals surface area (Å²) in [7, 11) is 1.54. The van der Waals surface area contributed by atoms with Gasteiger partial charge in [-0.05, 0) is 18.2 Å². The molecule has 0 aliphatic carbocycles. The Labute approximate surface area is 81.6 Å². The Morgan fingerprint density at radius 1 is 1.42 bits per heavy atom. The van der Waals surface area contributed by atoms with Gasteiger partial charge in [-0.1, -0.05) is 29.8 Å². The topological polar surface area (TPSA) is 9.23 Å². The van der Waals surface area contributed by atoms with Gasteiger partial charge < -0.3 is 4.74 Å². The Morgan fingerprint density at radius 2 is 2.08 bits per heavy atom. The SMILES string of the molecule is C=C(OC)c1cc(Cl)ccc1Cl. The Hall–Kier alpha value is -0.660. The van der Waals surface area contributed by atoms with Crippen LogP contribution in [0.3, 0.4) is 0 Å². The van der Waals surface area contributed by atoms with Crippen LogP contribution in [0.15, 0.2) is 24.8 Å². The lowest BCUT2D eigenvalue weighted by Crippen LogP contribution is -1.86. The molecular formula is C9H8Cl2O. The van der Waals surface area contributed by atoms with Crippen molar-refractivity contribution in [2.24, 2.45) is 0 Å². The second kappa shape index (κ2) is 3.83. The standard InChI is InChI=1S/C9H8Cl2O/c1-6(12-2)8-5-7(10)3-4-9(8)11/h3-5H,1H2,2H3. The van der Waals surface area contributed by atoms with Crippen molar-refractivity contribution >= 4 is 29.0 Å². The fourth-order valence-corrected chi connectivity index (χ4v) is 1.22. The number of methoxy groups -OCH3 is 1. The first-order valence-electron chi connectivity index (χ1n) is 3.33. The van der Waals surface area contributed by atoms with Crippen LogP contribution in [0.25, 0.3) is 5.76 Å². The van der Waals surface area contributed by atoms with Crippen molar-refractivity contribution < 1.29 is 4.74 Å². The van der Waals surface area contributed by atoms with Gasteiger partial charge >= 0.3 is 0 Å². The molecule has 1 rings (SSSR count). The number of ether oxygens (including phenoxy) is 1. The van der Waals surface area contributed by atoms with Gasteiger partial charge in [-0.3, -0.25) is 0 Å². The summed E-state index contributed by atoms with van der Waals surface area (Å²) in [5.41, 5.74) is 0.728. The van der Waals surface area contributed by atoms with Crippen LogP contribution in [-0.4, -0.2) is 7.11 Å². The third kappa shape index (κ3) is 1.93. The largest absolute Gasteiger partial charge is 0.497 e. The molecule has 0 saturated heterocycles. The summed E-state index contributed by atoms with van der Waals surface area (Å²) < 4.78 is 4.93. The normalized spacial score (nSPS) is 9.58. The van der Waals surface area contributed by atoms with E-state index in [1.54, 1.807) is 25.3 Å². The molecule has 0 heterocycles. The van der Waals surface area contributed by atoms with Crippen LogP contribution in [0.2, 0.25) is 10.0 Å². The van der Waals surface area contributed by atoms with Gasteiger partial charge in [0.05, 0.1) is 12.1 Å². The molecule has 0 N–H and O–H groups in total. The molecule has 1 nitrogen and oxygen atoms in total. The van der Waals surface area contributed by atoms with Gasteiger partial charge in [0.2, 0.25) is 0 Å². The molecule has 0 atom stereocenters. The molecule has 0 amide bonds. The predicted molar refractivity (Wildman–Crippen MR) is 52.5 cm³/mol. The van der Waals surface area contributed by atoms with Crippen molar-refractivity contribution in [1.82, 2.24) is 0 Å². The molecule has 1 aromatic rings. The van der Waals surface area contributed by atoms with E-state index >= 15 is 0 Å². The molecule has 3 heteroatoms. The van der Waals surface area contributed by atoms with Crippen LogP contribution >= 0.6 is 23.2 Å². The zero-order valence-electron chi connectivity index (χ0n) is 6.60. The van der Waals surface area contributed by atoms with Crippen LogP contribution in [0.5, 0.6) is 0 Å². The van der Waals surface area contributed by atoms with Crippen molar-refractivity contribution in [2.75, 3.05) is 7.11 Å². The average molecular weight is 203 g/mol. The van der Waals surface area contributed by atoms with Gasteiger partial charge in [-0.2, -0.15) is 0 Å². The number of hydrogen-bond donors (Lipinski definition) is 0. The minimum atomic E-state index is 0.516. The van der Waals surface area contributed by atoms with Crippen molar-refractivity contribution in [1.29, 1.82) is 0 Å². The first kappa shape index (κ1) is 9.43. The van der Waals surface area contributed by atoms with E-state index in [-0.39, 0.29) is 0 Å². The molecule has 0 bridgehead atoms. The average Bonchev–Trinajstić information content (AvgIpc) is 2.08. The molecule has 0 fully saturated rings. The minimum absolute atomic E-state index is 0.516. The maximum Gasteiger partial charge on any atom is 0.120 e. The molecule has 64 valence electrons. The Kier molecular flexibility index (Phi) is 3.01. The van der Waals surface area contributed by atoms with Crippen molar-refractivity contribution in [3.8, 4) is 0 Å². The second-order valence-corrected chi connectivity index (χ2v) is 3.10. The Balaban J connectivity index is 3.13. The summed E-state index contributed by atoms with van der Waals surface area (Å²) in [5, 5.41) is 1.21. The fraction of sp³-hybridized carbons (Fsp3) is 0.111. The maximum atomic E-state index is 5.87. The van der Waals surface area contributed by atoms with E-state index in [9.17, 15) is 0 Å². The number of benzene rings is 1. The maximum absolute atomic E-state index is 5.87. The van der Waals surface area contributed by atoms with Gasteiger partial charge in [-0.15, -0.1) is 0 Å². The zero-order valence-corrected chi connectivity index (χ0v) is 8.12. The molecule has 0 aromatic heterocycles. The van der Waals surface area contributed by atoms with E-state index in [0.717, 1.165) is 5.56 Å². The van der Waals surface area contributed by atoms with Crippen LogP contribution in [0, 0.1) is 0 Å². The predicted octanol–water partition coefficient (Wildman–Crippen LogP) is 3.61. The molecule has 0 aliphatic rings. The van der Waals surface area contributed by atoms with Crippen LogP contribution < -0.4 is 0 Å². The first-order chi connectivity index (χ1) is 5.65. The van der Waals surface area contributed by atoms with E-state index in [1.165, 1.54) is 0 Å². The molecule has 0 saturated carbocycles. The summed E-state index contributed by atoms with van der Waals surface area (Å²) in [6.45, 7) is 3.68. The summed E-state index contributed by atoms with van der Waals surface area (Å²) >= 11 is 11.6.